The van der Waals surface area contributed by atoms with Crippen molar-refractivity contribution < 1.29 is 22.9 Å². The molecule has 12 nitrogen and oxygen atoms in total. The van der Waals surface area contributed by atoms with Crippen LogP contribution < -0.4 is 10.2 Å². The first kappa shape index (κ1) is 35.4. The molecule has 2 aliphatic rings. The van der Waals surface area contributed by atoms with Gasteiger partial charge in [-0.25, -0.2) is 8.42 Å². The van der Waals surface area contributed by atoms with Crippen LogP contribution in [0.4, 0.5) is 11.4 Å². The lowest BCUT2D eigenvalue weighted by Gasteiger charge is -2.52. The maximum absolute atomic E-state index is 14.2. The quantitative estimate of drug-likeness (QED) is 0.229. The predicted octanol–water partition coefficient (Wildman–Crippen LogP) is 5.05. The van der Waals surface area contributed by atoms with Crippen LogP contribution in [0, 0.1) is 22.0 Å². The van der Waals surface area contributed by atoms with Crippen LogP contribution in [-0.2, 0) is 19.6 Å². The summed E-state index contributed by atoms with van der Waals surface area (Å²) in [6.07, 6.45) is 4.27. The third-order valence-electron chi connectivity index (χ3n) is 9.07. The minimum Gasteiger partial charge on any atom is -0.349 e. The molecule has 5 rings (SSSR count). The van der Waals surface area contributed by atoms with Gasteiger partial charge in [-0.05, 0) is 62.4 Å². The Bertz CT molecular complexity index is 1770. The van der Waals surface area contributed by atoms with E-state index in [4.69, 9.17) is 11.6 Å². The lowest BCUT2D eigenvalue weighted by molar-refractivity contribution is -0.387. The number of pyridine rings is 1. The average Bonchev–Trinajstić information content (AvgIpc) is 3.05. The molecule has 2 saturated heterocycles. The highest BCUT2D eigenvalue weighted by Crippen LogP contribution is 2.37. The fraction of sp³-hybridized carbons (Fsp3) is 0.441. The molecule has 2 fully saturated rings. The minimum absolute atomic E-state index is 0.0394. The van der Waals surface area contributed by atoms with Gasteiger partial charge in [0.2, 0.25) is 21.8 Å². The number of rotatable bonds is 10. The second kappa shape index (κ2) is 14.3. The zero-order chi connectivity index (χ0) is 34.8. The van der Waals surface area contributed by atoms with Gasteiger partial charge in [-0.15, -0.1) is 0 Å². The maximum Gasteiger partial charge on any atom is 0.289 e. The van der Waals surface area contributed by atoms with E-state index >= 15 is 0 Å². The molecular formula is C34H41ClN6O6S. The first-order chi connectivity index (χ1) is 22.7. The molecule has 0 radical (unpaired) electrons. The number of amides is 2. The zero-order valence-electron chi connectivity index (χ0n) is 27.5. The lowest BCUT2D eigenvalue weighted by atomic mass is 9.88. The second-order valence-electron chi connectivity index (χ2n) is 13.5. The number of hydrogen-bond donors (Lipinski definition) is 1. The van der Waals surface area contributed by atoms with Crippen molar-refractivity contribution in [3.63, 3.8) is 0 Å². The third kappa shape index (κ3) is 7.54. The SMILES string of the molecule is CC(C)C[C@@H](NC(=O)[C@H]1C[C@@H](N2CC(=O)N(c3ccccc3Cl)CC2(C)C)CN(S(=O)(=O)c2ccccc2[N+](=O)[O-])C1)c1cccnc1. The van der Waals surface area contributed by atoms with Gasteiger partial charge in [-0.3, -0.25) is 29.6 Å². The van der Waals surface area contributed by atoms with Gasteiger partial charge in [-0.2, -0.15) is 4.31 Å². The molecule has 0 unspecified atom stereocenters. The Kier molecular flexibility index (Phi) is 10.5. The van der Waals surface area contributed by atoms with E-state index < -0.39 is 43.0 Å². The molecule has 0 aliphatic carbocycles. The molecule has 48 heavy (non-hydrogen) atoms. The summed E-state index contributed by atoms with van der Waals surface area (Å²) in [5, 5.41) is 15.5. The van der Waals surface area contributed by atoms with Crippen molar-refractivity contribution in [3.05, 3.63) is 93.8 Å². The van der Waals surface area contributed by atoms with Gasteiger partial charge < -0.3 is 10.2 Å². The van der Waals surface area contributed by atoms with Crippen LogP contribution in [0.3, 0.4) is 0 Å². The molecule has 2 aromatic carbocycles. The number of para-hydroxylation sites is 2. The first-order valence-electron chi connectivity index (χ1n) is 15.9. The topological polar surface area (TPSA) is 146 Å². The number of nitrogens with zero attached hydrogens (tertiary/aromatic N) is 5. The first-order valence-corrected chi connectivity index (χ1v) is 17.8. The summed E-state index contributed by atoms with van der Waals surface area (Å²) in [5.41, 5.74) is 0.224. The van der Waals surface area contributed by atoms with Gasteiger partial charge >= 0.3 is 0 Å². The summed E-state index contributed by atoms with van der Waals surface area (Å²) in [6, 6.07) is 15.1. The minimum atomic E-state index is -4.42. The van der Waals surface area contributed by atoms with Gasteiger partial charge in [0.1, 0.15) is 0 Å². The number of piperidine rings is 1. The highest BCUT2D eigenvalue weighted by Gasteiger charge is 2.48. The van der Waals surface area contributed by atoms with Gasteiger partial charge in [0.15, 0.2) is 4.90 Å². The summed E-state index contributed by atoms with van der Waals surface area (Å²) < 4.78 is 29.5. The fourth-order valence-corrected chi connectivity index (χ4v) is 8.67. The summed E-state index contributed by atoms with van der Waals surface area (Å²) >= 11 is 6.46. The van der Waals surface area contributed by atoms with Crippen LogP contribution in [-0.4, -0.2) is 77.1 Å². The smallest absolute Gasteiger partial charge is 0.289 e. The van der Waals surface area contributed by atoms with Gasteiger partial charge in [-0.1, -0.05) is 55.8 Å². The lowest BCUT2D eigenvalue weighted by Crippen LogP contribution is -2.68. The fourth-order valence-electron chi connectivity index (χ4n) is 6.76. The van der Waals surface area contributed by atoms with E-state index in [-0.39, 0.29) is 56.4 Å². The van der Waals surface area contributed by atoms with E-state index in [0.29, 0.717) is 17.1 Å². The number of benzene rings is 2. The Hall–Kier alpha value is -3.91. The Morgan fingerprint density at radius 1 is 1.10 bits per heavy atom. The van der Waals surface area contributed by atoms with E-state index in [0.717, 1.165) is 15.9 Å². The van der Waals surface area contributed by atoms with E-state index in [1.165, 1.54) is 18.2 Å². The van der Waals surface area contributed by atoms with E-state index in [1.807, 2.05) is 30.9 Å². The number of nitro groups is 1. The Morgan fingerprint density at radius 3 is 2.48 bits per heavy atom. The molecule has 1 N–H and O–H groups in total. The van der Waals surface area contributed by atoms with Gasteiger partial charge in [0.05, 0.1) is 34.1 Å². The third-order valence-corrected chi connectivity index (χ3v) is 11.3. The molecule has 2 amide bonds. The number of aromatic nitrogens is 1. The van der Waals surface area contributed by atoms with Crippen LogP contribution in [0.15, 0.2) is 78.0 Å². The van der Waals surface area contributed by atoms with Crippen molar-refractivity contribution in [1.82, 2.24) is 19.5 Å². The molecule has 3 atom stereocenters. The molecule has 0 bridgehead atoms. The molecule has 14 heteroatoms. The number of halogens is 1. The molecule has 3 heterocycles. The van der Waals surface area contributed by atoms with E-state index in [1.54, 1.807) is 41.6 Å². The number of anilines is 1. The van der Waals surface area contributed by atoms with Gasteiger partial charge in [0.25, 0.3) is 5.69 Å². The molecular weight excluding hydrogens is 656 g/mol. The number of piperazine rings is 1. The summed E-state index contributed by atoms with van der Waals surface area (Å²) in [4.78, 5) is 46.3. The van der Waals surface area contributed by atoms with Crippen molar-refractivity contribution in [3.8, 4) is 0 Å². The van der Waals surface area contributed by atoms with Crippen molar-refractivity contribution >= 4 is 44.8 Å². The van der Waals surface area contributed by atoms with Crippen LogP contribution in [0.1, 0.15) is 52.1 Å². The highest BCUT2D eigenvalue weighted by atomic mass is 35.5. The standard InChI is InChI=1S/C34H41ClN6O6S/c1-23(2)16-28(24-10-9-15-36-18-24)37-33(43)25-17-26(20-38(19-25)48(46,47)31-14-8-7-13-30(31)41(44)45)40-21-32(42)39(22-34(40,3)4)29-12-6-5-11-27(29)35/h5-15,18,23,25-26,28H,16-17,19-22H2,1-4H3,(H,37,43)/t25-,26+,28+/m0/s1. The molecule has 2 aliphatic heterocycles. The molecule has 0 spiro atoms. The second-order valence-corrected chi connectivity index (χ2v) is 15.8. The Morgan fingerprint density at radius 2 is 1.81 bits per heavy atom. The van der Waals surface area contributed by atoms with Crippen LogP contribution in [0.25, 0.3) is 0 Å². The van der Waals surface area contributed by atoms with E-state index in [9.17, 15) is 28.1 Å². The van der Waals surface area contributed by atoms with Crippen molar-refractivity contribution in [1.29, 1.82) is 0 Å². The zero-order valence-corrected chi connectivity index (χ0v) is 29.0. The average molecular weight is 697 g/mol. The van der Waals surface area contributed by atoms with Crippen molar-refractivity contribution in [2.24, 2.45) is 11.8 Å². The van der Waals surface area contributed by atoms with Crippen LogP contribution in [0.5, 0.6) is 0 Å². The summed E-state index contributed by atoms with van der Waals surface area (Å²) in [5.74, 6) is -1.11. The summed E-state index contributed by atoms with van der Waals surface area (Å²) in [6.45, 7) is 8.04. The number of sulfonamides is 1. The number of hydrogen-bond acceptors (Lipinski definition) is 8. The predicted molar refractivity (Wildman–Crippen MR) is 183 cm³/mol. The van der Waals surface area contributed by atoms with Crippen molar-refractivity contribution in [2.45, 2.75) is 63.1 Å². The normalized spacial score (nSPS) is 21.2. The maximum atomic E-state index is 14.2. The molecule has 3 aromatic rings. The molecule has 0 saturated carbocycles. The number of carbonyl (C=O) groups excluding carboxylic acids is 2. The Balaban J connectivity index is 1.49. The monoisotopic (exact) mass is 696 g/mol. The number of nitrogens with one attached hydrogen (secondary N) is 1. The molecule has 1 aromatic heterocycles. The van der Waals surface area contributed by atoms with Crippen molar-refractivity contribution in [2.75, 3.05) is 31.1 Å². The number of carbonyl (C=O) groups is 2. The van der Waals surface area contributed by atoms with Gasteiger partial charge in [0, 0.05) is 49.7 Å². The highest BCUT2D eigenvalue weighted by molar-refractivity contribution is 7.89. The summed E-state index contributed by atoms with van der Waals surface area (Å²) in [7, 11) is -4.42. The largest absolute Gasteiger partial charge is 0.349 e. The van der Waals surface area contributed by atoms with E-state index in [2.05, 4.69) is 24.1 Å². The molecule has 256 valence electrons. The number of nitro benzene ring substituents is 1. The van der Waals surface area contributed by atoms with Crippen LogP contribution in [0.2, 0.25) is 5.02 Å². The Labute approximate surface area is 286 Å². The van der Waals surface area contributed by atoms with Crippen LogP contribution >= 0.6 is 11.6 Å².